The van der Waals surface area contributed by atoms with E-state index in [0.29, 0.717) is 49.0 Å². The lowest BCUT2D eigenvalue weighted by atomic mass is 9.97. The number of imidazole rings is 2. The van der Waals surface area contributed by atoms with E-state index in [1.807, 2.05) is 55.5 Å². The number of hydrogen-bond acceptors (Lipinski definition) is 7. The van der Waals surface area contributed by atoms with Crippen LogP contribution < -0.4 is 0 Å². The largest absolute Gasteiger partial charge is 0.506 e. The van der Waals surface area contributed by atoms with Gasteiger partial charge < -0.3 is 23.7 Å². The maximum absolute atomic E-state index is 11.3. The smallest absolute Gasteiger partial charge is 0.220 e. The lowest BCUT2D eigenvalue weighted by molar-refractivity contribution is 0.313. The van der Waals surface area contributed by atoms with E-state index < -0.39 is 0 Å². The standard InChI is InChI=1S/C24H28N6O3/c1-14-5-15(2)21(24-28-19(11-33-24)7-17-9-30(4)13-26-17)22(31)20(14)23-27-18(10-32-23)6-16-8-29(3)12-25-16/h5,8-9,12-13,18-19,31H,6-7,10-11H2,1-4H3/t18-,19-/m0/s1. The van der Waals surface area contributed by atoms with Crippen molar-refractivity contribution in [3.63, 3.8) is 0 Å². The highest BCUT2D eigenvalue weighted by Gasteiger charge is 2.30. The average molecular weight is 449 g/mol. The second-order valence-electron chi connectivity index (χ2n) is 8.88. The first kappa shape index (κ1) is 21.2. The van der Waals surface area contributed by atoms with E-state index in [1.54, 1.807) is 12.7 Å². The van der Waals surface area contributed by atoms with Crippen molar-refractivity contribution in [3.8, 4) is 5.75 Å². The van der Waals surface area contributed by atoms with Crippen LogP contribution >= 0.6 is 0 Å². The minimum atomic E-state index is -0.0405. The molecule has 0 spiro atoms. The molecule has 0 bridgehead atoms. The number of aliphatic imine (C=N–C) groups is 2. The van der Waals surface area contributed by atoms with E-state index >= 15 is 0 Å². The van der Waals surface area contributed by atoms with Gasteiger partial charge in [0.15, 0.2) is 0 Å². The summed E-state index contributed by atoms with van der Waals surface area (Å²) >= 11 is 0. The molecule has 9 nitrogen and oxygen atoms in total. The quantitative estimate of drug-likeness (QED) is 0.624. The second-order valence-corrected chi connectivity index (χ2v) is 8.88. The number of phenolic OH excluding ortho intramolecular Hbond substituents is 1. The first-order valence-corrected chi connectivity index (χ1v) is 11.1. The number of ether oxygens (including phenoxy) is 2. The third-order valence-corrected chi connectivity index (χ3v) is 5.95. The van der Waals surface area contributed by atoms with E-state index in [0.717, 1.165) is 22.5 Å². The fourth-order valence-electron chi connectivity index (χ4n) is 4.45. The Labute approximate surface area is 192 Å². The Bertz CT molecular complexity index is 1160. The first-order valence-electron chi connectivity index (χ1n) is 11.1. The van der Waals surface area contributed by atoms with Gasteiger partial charge >= 0.3 is 0 Å². The Morgan fingerprint density at radius 1 is 0.848 bits per heavy atom. The number of aromatic nitrogens is 4. The third kappa shape index (κ3) is 4.22. The van der Waals surface area contributed by atoms with Gasteiger partial charge in [-0.2, -0.15) is 0 Å². The molecule has 0 saturated carbocycles. The lowest BCUT2D eigenvalue weighted by Gasteiger charge is -2.15. The van der Waals surface area contributed by atoms with Crippen LogP contribution in [0.4, 0.5) is 0 Å². The van der Waals surface area contributed by atoms with E-state index in [-0.39, 0.29) is 17.8 Å². The van der Waals surface area contributed by atoms with Gasteiger partial charge in [0.2, 0.25) is 11.8 Å². The van der Waals surface area contributed by atoms with Gasteiger partial charge in [0.1, 0.15) is 19.0 Å². The van der Waals surface area contributed by atoms with Crippen LogP contribution in [0.3, 0.4) is 0 Å². The Balaban J connectivity index is 1.41. The van der Waals surface area contributed by atoms with Gasteiger partial charge in [-0.25, -0.2) is 20.0 Å². The van der Waals surface area contributed by atoms with Crippen LogP contribution in [-0.2, 0) is 36.4 Å². The lowest BCUT2D eigenvalue weighted by Crippen LogP contribution is -2.11. The van der Waals surface area contributed by atoms with Crippen LogP contribution in [0.5, 0.6) is 5.75 Å². The molecule has 2 atom stereocenters. The van der Waals surface area contributed by atoms with Gasteiger partial charge in [0.05, 0.1) is 47.3 Å². The summed E-state index contributed by atoms with van der Waals surface area (Å²) < 4.78 is 15.7. The Hall–Kier alpha value is -3.62. The zero-order valence-electron chi connectivity index (χ0n) is 19.3. The second kappa shape index (κ2) is 8.38. The molecule has 1 aromatic carbocycles. The molecule has 3 aromatic rings. The van der Waals surface area contributed by atoms with Gasteiger partial charge in [0.25, 0.3) is 0 Å². The van der Waals surface area contributed by atoms with Crippen LogP contribution in [-0.4, -0.2) is 61.3 Å². The summed E-state index contributed by atoms with van der Waals surface area (Å²) in [7, 11) is 3.89. The normalized spacial score (nSPS) is 19.9. The average Bonchev–Trinajstić information content (AvgIpc) is 3.54. The third-order valence-electron chi connectivity index (χ3n) is 5.95. The minimum Gasteiger partial charge on any atom is -0.506 e. The number of benzene rings is 1. The van der Waals surface area contributed by atoms with Crippen LogP contribution in [0.15, 0.2) is 41.1 Å². The molecule has 9 heteroatoms. The van der Waals surface area contributed by atoms with E-state index in [2.05, 4.69) is 9.97 Å². The molecule has 0 aliphatic carbocycles. The maximum Gasteiger partial charge on any atom is 0.220 e. The number of aryl methyl sites for hydroxylation is 4. The van der Waals surface area contributed by atoms with Crippen molar-refractivity contribution in [2.75, 3.05) is 13.2 Å². The summed E-state index contributed by atoms with van der Waals surface area (Å²) in [4.78, 5) is 18.3. The fourth-order valence-corrected chi connectivity index (χ4v) is 4.45. The molecule has 0 saturated heterocycles. The maximum atomic E-state index is 11.3. The predicted molar refractivity (Wildman–Crippen MR) is 124 cm³/mol. The molecule has 172 valence electrons. The Morgan fingerprint density at radius 2 is 1.30 bits per heavy atom. The number of rotatable bonds is 6. The molecule has 2 aliphatic rings. The number of phenols is 1. The van der Waals surface area contributed by atoms with Crippen LogP contribution in [0.25, 0.3) is 0 Å². The predicted octanol–water partition coefficient (Wildman–Crippen LogP) is 2.25. The van der Waals surface area contributed by atoms with E-state index in [9.17, 15) is 5.11 Å². The van der Waals surface area contributed by atoms with Crippen molar-refractivity contribution in [3.05, 3.63) is 64.8 Å². The molecular formula is C24H28N6O3. The number of hydrogen-bond donors (Lipinski definition) is 1. The zero-order valence-corrected chi connectivity index (χ0v) is 19.3. The van der Waals surface area contributed by atoms with Crippen molar-refractivity contribution in [1.29, 1.82) is 0 Å². The molecule has 5 rings (SSSR count). The van der Waals surface area contributed by atoms with E-state index in [4.69, 9.17) is 19.5 Å². The monoisotopic (exact) mass is 448 g/mol. The molecule has 2 aromatic heterocycles. The molecule has 33 heavy (non-hydrogen) atoms. The van der Waals surface area contributed by atoms with Gasteiger partial charge in [-0.05, 0) is 25.0 Å². The molecule has 0 unspecified atom stereocenters. The summed E-state index contributed by atoms with van der Waals surface area (Å²) in [6.45, 7) is 4.81. The molecule has 1 N–H and O–H groups in total. The molecule has 0 fully saturated rings. The van der Waals surface area contributed by atoms with Crippen molar-refractivity contribution in [1.82, 2.24) is 19.1 Å². The highest BCUT2D eigenvalue weighted by Crippen LogP contribution is 2.34. The summed E-state index contributed by atoms with van der Waals surface area (Å²) in [5, 5.41) is 11.3. The Kier molecular flexibility index (Phi) is 5.39. The van der Waals surface area contributed by atoms with Crippen molar-refractivity contribution in [2.45, 2.75) is 38.8 Å². The minimum absolute atomic E-state index is 0.0405. The summed E-state index contributed by atoms with van der Waals surface area (Å²) in [6.07, 6.45) is 8.90. The molecular weight excluding hydrogens is 420 g/mol. The van der Waals surface area contributed by atoms with Crippen molar-refractivity contribution >= 4 is 11.8 Å². The summed E-state index contributed by atoms with van der Waals surface area (Å²) in [5.41, 5.74) is 4.92. The van der Waals surface area contributed by atoms with Crippen LogP contribution in [0.1, 0.15) is 33.6 Å². The van der Waals surface area contributed by atoms with Gasteiger partial charge in [0, 0.05) is 39.3 Å². The molecule has 2 aliphatic heterocycles. The van der Waals surface area contributed by atoms with Crippen LogP contribution in [0, 0.1) is 13.8 Å². The zero-order chi connectivity index (χ0) is 23.1. The summed E-state index contributed by atoms with van der Waals surface area (Å²) in [6, 6.07) is 1.93. The highest BCUT2D eigenvalue weighted by atomic mass is 16.5. The SMILES string of the molecule is Cc1cc(C)c(C2=N[C@@H](Cc3cn(C)cn3)CO2)c(O)c1C1=N[C@@H](Cc2cn(C)cn2)CO1. The van der Waals surface area contributed by atoms with Crippen molar-refractivity contribution in [2.24, 2.45) is 24.1 Å². The molecule has 4 heterocycles. The summed E-state index contributed by atoms with van der Waals surface area (Å²) in [5.74, 6) is 1.01. The van der Waals surface area contributed by atoms with Crippen LogP contribution in [0.2, 0.25) is 0 Å². The fraction of sp³-hybridized carbons (Fsp3) is 0.417. The number of aromatic hydroxyl groups is 1. The van der Waals surface area contributed by atoms with Crippen molar-refractivity contribution < 1.29 is 14.6 Å². The first-order chi connectivity index (χ1) is 15.9. The topological polar surface area (TPSA) is 99.1 Å². The van der Waals surface area contributed by atoms with Gasteiger partial charge in [-0.15, -0.1) is 0 Å². The number of nitrogens with zero attached hydrogens (tertiary/aromatic N) is 6. The molecule has 0 radical (unpaired) electrons. The van der Waals surface area contributed by atoms with Gasteiger partial charge in [-0.3, -0.25) is 0 Å². The highest BCUT2D eigenvalue weighted by molar-refractivity contribution is 6.06. The molecule has 0 amide bonds. The van der Waals surface area contributed by atoms with E-state index in [1.165, 1.54) is 0 Å². The Morgan fingerprint density at radius 3 is 1.70 bits per heavy atom. The van der Waals surface area contributed by atoms with Gasteiger partial charge in [-0.1, -0.05) is 6.07 Å².